The number of carbonyl (C=O) groups excluding carboxylic acids is 1. The van der Waals surface area contributed by atoms with E-state index in [2.05, 4.69) is 24.3 Å². The van der Waals surface area contributed by atoms with Gasteiger partial charge in [-0.15, -0.1) is 12.4 Å². The summed E-state index contributed by atoms with van der Waals surface area (Å²) in [7, 11) is 0. The quantitative estimate of drug-likeness (QED) is 0.478. The van der Waals surface area contributed by atoms with Gasteiger partial charge >= 0.3 is 0 Å². The predicted octanol–water partition coefficient (Wildman–Crippen LogP) is 4.85. The van der Waals surface area contributed by atoms with E-state index < -0.39 is 0 Å². The van der Waals surface area contributed by atoms with E-state index in [0.717, 1.165) is 28.1 Å². The molecule has 1 aliphatic heterocycles. The van der Waals surface area contributed by atoms with E-state index in [4.69, 9.17) is 10.8 Å². The van der Waals surface area contributed by atoms with Crippen LogP contribution in [0, 0.1) is 0 Å². The fourth-order valence-corrected chi connectivity index (χ4v) is 4.37. The lowest BCUT2D eigenvalue weighted by atomic mass is 9.95. The highest BCUT2D eigenvalue weighted by Gasteiger charge is 2.43. The van der Waals surface area contributed by atoms with Crippen molar-refractivity contribution in [2.45, 2.75) is 19.0 Å². The van der Waals surface area contributed by atoms with Gasteiger partial charge in [-0.1, -0.05) is 78.9 Å². The number of nitrogens with zero attached hydrogens (tertiary/aromatic N) is 3. The van der Waals surface area contributed by atoms with E-state index in [1.807, 2.05) is 83.2 Å². The van der Waals surface area contributed by atoms with Gasteiger partial charge < -0.3 is 10.6 Å². The normalized spacial score (nSPS) is 15.9. The molecular formula is C26H25ClN4O. The van der Waals surface area contributed by atoms with E-state index in [1.165, 1.54) is 0 Å². The summed E-state index contributed by atoms with van der Waals surface area (Å²) in [5, 5.41) is 4.84. The van der Waals surface area contributed by atoms with Crippen molar-refractivity contribution in [3.63, 3.8) is 0 Å². The van der Waals surface area contributed by atoms with Crippen LogP contribution in [-0.2, 0) is 0 Å². The van der Waals surface area contributed by atoms with Gasteiger partial charge in [0.05, 0.1) is 17.4 Å². The van der Waals surface area contributed by atoms with E-state index in [1.54, 1.807) is 0 Å². The molecule has 0 bridgehead atoms. The summed E-state index contributed by atoms with van der Waals surface area (Å²) in [6, 6.07) is 29.9. The van der Waals surface area contributed by atoms with E-state index in [-0.39, 0.29) is 30.4 Å². The number of para-hydroxylation sites is 1. The second-order valence-electron chi connectivity index (χ2n) is 7.97. The SMILES string of the molecule is CC(N)CN1C(=O)c2nn(-c3ccccc3)c(-c3ccccc3)c2C1c1ccccc1.Cl. The van der Waals surface area contributed by atoms with Crippen molar-refractivity contribution < 1.29 is 4.79 Å². The molecule has 32 heavy (non-hydrogen) atoms. The summed E-state index contributed by atoms with van der Waals surface area (Å²) in [5.41, 5.74) is 11.5. The Bertz CT molecular complexity index is 1210. The molecular weight excluding hydrogens is 420 g/mol. The number of hydrogen-bond acceptors (Lipinski definition) is 3. The molecule has 1 aromatic heterocycles. The Kier molecular flexibility index (Phi) is 6.12. The number of amides is 1. The van der Waals surface area contributed by atoms with Crippen LogP contribution in [-0.4, -0.2) is 33.2 Å². The van der Waals surface area contributed by atoms with Crippen molar-refractivity contribution in [2.75, 3.05) is 6.54 Å². The van der Waals surface area contributed by atoms with Gasteiger partial charge in [-0.2, -0.15) is 5.10 Å². The van der Waals surface area contributed by atoms with Crippen LogP contribution in [0.15, 0.2) is 91.0 Å². The van der Waals surface area contributed by atoms with Crippen LogP contribution in [0.1, 0.15) is 34.6 Å². The Morgan fingerprint density at radius 1 is 0.906 bits per heavy atom. The first-order chi connectivity index (χ1) is 15.1. The summed E-state index contributed by atoms with van der Waals surface area (Å²) < 4.78 is 1.90. The molecule has 1 amide bonds. The number of aromatic nitrogens is 2. The maximum Gasteiger partial charge on any atom is 0.275 e. The molecule has 0 spiro atoms. The summed E-state index contributed by atoms with van der Waals surface area (Å²) in [6.07, 6.45) is 0. The second kappa shape index (κ2) is 8.99. The second-order valence-corrected chi connectivity index (χ2v) is 7.97. The molecule has 3 aromatic carbocycles. The number of hydrogen-bond donors (Lipinski definition) is 1. The molecule has 2 N–H and O–H groups in total. The third kappa shape index (κ3) is 3.70. The maximum atomic E-state index is 13.5. The topological polar surface area (TPSA) is 64.2 Å². The van der Waals surface area contributed by atoms with Crippen LogP contribution < -0.4 is 5.73 Å². The summed E-state index contributed by atoms with van der Waals surface area (Å²) in [4.78, 5) is 15.4. The molecule has 0 saturated heterocycles. The fraction of sp³-hybridized carbons (Fsp3) is 0.154. The molecule has 5 nitrogen and oxygen atoms in total. The van der Waals surface area contributed by atoms with Gasteiger partial charge in [-0.3, -0.25) is 4.79 Å². The summed E-state index contributed by atoms with van der Waals surface area (Å²) in [5.74, 6) is -0.0759. The summed E-state index contributed by atoms with van der Waals surface area (Å²) in [6.45, 7) is 2.39. The van der Waals surface area contributed by atoms with Gasteiger partial charge in [0.15, 0.2) is 5.69 Å². The lowest BCUT2D eigenvalue weighted by molar-refractivity contribution is 0.0734. The lowest BCUT2D eigenvalue weighted by Crippen LogP contribution is -2.39. The molecule has 2 unspecified atom stereocenters. The van der Waals surface area contributed by atoms with Gasteiger partial charge in [0.25, 0.3) is 5.91 Å². The Morgan fingerprint density at radius 3 is 2.06 bits per heavy atom. The Morgan fingerprint density at radius 2 is 1.47 bits per heavy atom. The Balaban J connectivity index is 0.00000245. The van der Waals surface area contributed by atoms with Crippen molar-refractivity contribution in [3.8, 4) is 16.9 Å². The lowest BCUT2D eigenvalue weighted by Gasteiger charge is -2.28. The van der Waals surface area contributed by atoms with Crippen LogP contribution in [0.25, 0.3) is 16.9 Å². The average Bonchev–Trinajstić information content (AvgIpc) is 3.31. The largest absolute Gasteiger partial charge is 0.326 e. The molecule has 0 radical (unpaired) electrons. The fourth-order valence-electron chi connectivity index (χ4n) is 4.37. The monoisotopic (exact) mass is 444 g/mol. The number of halogens is 1. The number of benzene rings is 3. The highest BCUT2D eigenvalue weighted by Crippen LogP contribution is 2.44. The van der Waals surface area contributed by atoms with Crippen LogP contribution in [0.2, 0.25) is 0 Å². The predicted molar refractivity (Wildman–Crippen MR) is 129 cm³/mol. The average molecular weight is 445 g/mol. The molecule has 1 aliphatic rings. The van der Waals surface area contributed by atoms with E-state index >= 15 is 0 Å². The third-order valence-corrected chi connectivity index (χ3v) is 5.62. The molecule has 2 heterocycles. The number of nitrogens with two attached hydrogens (primary N) is 1. The highest BCUT2D eigenvalue weighted by molar-refractivity contribution is 6.00. The highest BCUT2D eigenvalue weighted by atomic mass is 35.5. The van der Waals surface area contributed by atoms with Crippen LogP contribution >= 0.6 is 12.4 Å². The van der Waals surface area contributed by atoms with Crippen molar-refractivity contribution in [2.24, 2.45) is 5.73 Å². The maximum absolute atomic E-state index is 13.5. The Labute approximate surface area is 193 Å². The van der Waals surface area contributed by atoms with Crippen LogP contribution in [0.4, 0.5) is 0 Å². The first kappa shape index (κ1) is 21.8. The zero-order valence-electron chi connectivity index (χ0n) is 17.8. The minimum absolute atomic E-state index is 0. The van der Waals surface area contributed by atoms with Gasteiger partial charge in [0, 0.05) is 23.7 Å². The molecule has 5 rings (SSSR count). The van der Waals surface area contributed by atoms with Crippen molar-refractivity contribution in [1.82, 2.24) is 14.7 Å². The zero-order valence-corrected chi connectivity index (χ0v) is 18.6. The van der Waals surface area contributed by atoms with Gasteiger partial charge in [-0.25, -0.2) is 4.68 Å². The van der Waals surface area contributed by atoms with E-state index in [9.17, 15) is 4.79 Å². The number of rotatable bonds is 5. The summed E-state index contributed by atoms with van der Waals surface area (Å²) >= 11 is 0. The standard InChI is InChI=1S/C26H24N4O.ClH/c1-18(27)17-29-24(19-11-5-2-6-12-19)22-23(26(29)31)28-30(21-15-9-4-10-16-21)25(22)20-13-7-3-8-14-20;/h2-16,18,24H,17,27H2,1H3;1H. The van der Waals surface area contributed by atoms with Crippen molar-refractivity contribution in [1.29, 1.82) is 0 Å². The third-order valence-electron chi connectivity index (χ3n) is 5.62. The molecule has 162 valence electrons. The van der Waals surface area contributed by atoms with Gasteiger partial charge in [-0.05, 0) is 24.6 Å². The minimum Gasteiger partial charge on any atom is -0.326 e. The van der Waals surface area contributed by atoms with Crippen molar-refractivity contribution in [3.05, 3.63) is 108 Å². The first-order valence-corrected chi connectivity index (χ1v) is 10.5. The number of carbonyl (C=O) groups is 1. The molecule has 6 heteroatoms. The zero-order chi connectivity index (χ0) is 21.4. The van der Waals surface area contributed by atoms with E-state index in [0.29, 0.717) is 12.2 Å². The smallest absolute Gasteiger partial charge is 0.275 e. The van der Waals surface area contributed by atoms with Gasteiger partial charge in [0.2, 0.25) is 0 Å². The Hall–Kier alpha value is -3.41. The molecule has 0 saturated carbocycles. The number of fused-ring (bicyclic) bond motifs is 1. The van der Waals surface area contributed by atoms with Gasteiger partial charge in [0.1, 0.15) is 0 Å². The van der Waals surface area contributed by atoms with Crippen molar-refractivity contribution >= 4 is 18.3 Å². The molecule has 0 aliphatic carbocycles. The first-order valence-electron chi connectivity index (χ1n) is 10.5. The molecule has 0 fully saturated rings. The minimum atomic E-state index is -0.234. The molecule has 2 atom stereocenters. The van der Waals surface area contributed by atoms with Crippen LogP contribution in [0.3, 0.4) is 0 Å². The van der Waals surface area contributed by atoms with Crippen LogP contribution in [0.5, 0.6) is 0 Å². The molecule has 4 aromatic rings.